The average molecular weight is 167 g/mol. The molecule has 2 fully saturated rings. The Kier molecular flexibility index (Phi) is 1.95. The van der Waals surface area contributed by atoms with Gasteiger partial charge in [0.15, 0.2) is 0 Å². The molecule has 0 aromatic carbocycles. The maximum absolute atomic E-state index is 2.69. The summed E-state index contributed by atoms with van der Waals surface area (Å²) >= 11 is 0. The summed E-state index contributed by atoms with van der Waals surface area (Å²) < 4.78 is 0. The Morgan fingerprint density at radius 2 is 2.00 bits per heavy atom. The van der Waals surface area contributed by atoms with E-state index in [4.69, 9.17) is 0 Å². The Morgan fingerprint density at radius 3 is 2.42 bits per heavy atom. The molecule has 1 aliphatic heterocycles. The quantitative estimate of drug-likeness (QED) is 0.611. The molecule has 70 valence electrons. The minimum absolute atomic E-state index is 0.782. The first-order chi connectivity index (χ1) is 5.69. The number of hydrogen-bond donors (Lipinski definition) is 0. The molecule has 1 saturated heterocycles. The lowest BCUT2D eigenvalue weighted by Crippen LogP contribution is -2.37. The molecule has 1 heteroatoms. The second-order valence-corrected chi connectivity index (χ2v) is 4.93. The Bertz CT molecular complexity index is 170. The summed E-state index contributed by atoms with van der Waals surface area (Å²) in [5.41, 5.74) is 0.782. The van der Waals surface area contributed by atoms with Gasteiger partial charge in [-0.05, 0) is 43.7 Å². The van der Waals surface area contributed by atoms with Gasteiger partial charge in [0, 0.05) is 6.04 Å². The van der Waals surface area contributed by atoms with Crippen LogP contribution in [0.15, 0.2) is 0 Å². The fourth-order valence-corrected chi connectivity index (χ4v) is 3.23. The van der Waals surface area contributed by atoms with Crippen molar-refractivity contribution in [3.8, 4) is 0 Å². The van der Waals surface area contributed by atoms with Gasteiger partial charge in [0.1, 0.15) is 0 Å². The zero-order chi connectivity index (χ0) is 8.77. The Hall–Kier alpha value is -0.0400. The molecule has 1 atom stereocenters. The molecule has 0 N–H and O–H groups in total. The predicted molar refractivity (Wildman–Crippen MR) is 52.2 cm³/mol. The summed E-state index contributed by atoms with van der Waals surface area (Å²) in [5.74, 6) is 0.856. The lowest BCUT2D eigenvalue weighted by molar-refractivity contribution is 0.174. The second kappa shape index (κ2) is 2.73. The fraction of sp³-hybridized carbons (Fsp3) is 1.00. The van der Waals surface area contributed by atoms with Crippen LogP contribution in [0.3, 0.4) is 0 Å². The van der Waals surface area contributed by atoms with E-state index in [1.54, 1.807) is 0 Å². The van der Waals surface area contributed by atoms with E-state index < -0.39 is 0 Å². The van der Waals surface area contributed by atoms with Crippen LogP contribution in [-0.4, -0.2) is 24.0 Å². The minimum Gasteiger partial charge on any atom is -0.300 e. The largest absolute Gasteiger partial charge is 0.300 e. The molecule has 1 nitrogen and oxygen atoms in total. The molecule has 0 aromatic heterocycles. The molecule has 12 heavy (non-hydrogen) atoms. The lowest BCUT2D eigenvalue weighted by atomic mass is 9.88. The van der Waals surface area contributed by atoms with Crippen molar-refractivity contribution in [1.29, 1.82) is 0 Å². The number of rotatable bonds is 2. The van der Waals surface area contributed by atoms with Gasteiger partial charge in [0.05, 0.1) is 0 Å². The normalized spacial score (nSPS) is 33.5. The molecule has 2 aliphatic rings. The van der Waals surface area contributed by atoms with E-state index in [1.807, 2.05) is 0 Å². The van der Waals surface area contributed by atoms with Crippen molar-refractivity contribution in [2.45, 2.75) is 46.1 Å². The first kappa shape index (κ1) is 8.55. The second-order valence-electron chi connectivity index (χ2n) is 4.93. The molecule has 0 amide bonds. The number of hydrogen-bond acceptors (Lipinski definition) is 1. The molecule has 0 aromatic rings. The molecule has 0 unspecified atom stereocenters. The van der Waals surface area contributed by atoms with Gasteiger partial charge in [-0.25, -0.2) is 0 Å². The van der Waals surface area contributed by atoms with Crippen LogP contribution in [0.2, 0.25) is 0 Å². The lowest BCUT2D eigenvalue weighted by Gasteiger charge is -2.30. The van der Waals surface area contributed by atoms with Gasteiger partial charge in [-0.1, -0.05) is 20.8 Å². The van der Waals surface area contributed by atoms with Gasteiger partial charge in [-0.3, -0.25) is 4.90 Å². The van der Waals surface area contributed by atoms with E-state index in [-0.39, 0.29) is 0 Å². The van der Waals surface area contributed by atoms with Gasteiger partial charge in [-0.15, -0.1) is 0 Å². The highest BCUT2D eigenvalue weighted by molar-refractivity contribution is 5.08. The summed E-state index contributed by atoms with van der Waals surface area (Å²) in [7, 11) is 0. The maximum Gasteiger partial charge on any atom is 0.0175 e. The monoisotopic (exact) mass is 167 g/mol. The molecule has 0 radical (unpaired) electrons. The first-order valence-corrected chi connectivity index (χ1v) is 5.44. The molecular weight excluding hydrogens is 146 g/mol. The highest BCUT2D eigenvalue weighted by Gasteiger charge is 2.55. The third kappa shape index (κ3) is 1.10. The van der Waals surface area contributed by atoms with Gasteiger partial charge in [0.2, 0.25) is 0 Å². The topological polar surface area (TPSA) is 3.24 Å². The Morgan fingerprint density at radius 1 is 1.33 bits per heavy atom. The van der Waals surface area contributed by atoms with Crippen LogP contribution in [0, 0.1) is 11.3 Å². The summed E-state index contributed by atoms with van der Waals surface area (Å²) in [5, 5.41) is 0. The zero-order valence-corrected chi connectivity index (χ0v) is 8.64. The standard InChI is InChI=1S/C11H21N/c1-4-12-8-7-11(5-6-11)10(12)9(2)3/h9-10H,4-8H2,1-3H3/t10-/m1/s1. The van der Waals surface area contributed by atoms with Crippen molar-refractivity contribution in [1.82, 2.24) is 4.90 Å². The van der Waals surface area contributed by atoms with Crippen LogP contribution in [0.25, 0.3) is 0 Å². The van der Waals surface area contributed by atoms with Crippen molar-refractivity contribution in [3.63, 3.8) is 0 Å². The van der Waals surface area contributed by atoms with E-state index in [2.05, 4.69) is 25.7 Å². The summed E-state index contributed by atoms with van der Waals surface area (Å²) in [6.07, 6.45) is 4.49. The number of likely N-dealkylation sites (tertiary alicyclic amines) is 1. The fourth-order valence-electron chi connectivity index (χ4n) is 3.23. The van der Waals surface area contributed by atoms with Gasteiger partial charge in [0.25, 0.3) is 0 Å². The Balaban J connectivity index is 2.11. The van der Waals surface area contributed by atoms with Crippen LogP contribution >= 0.6 is 0 Å². The van der Waals surface area contributed by atoms with Crippen molar-refractivity contribution in [2.75, 3.05) is 13.1 Å². The van der Waals surface area contributed by atoms with E-state index in [9.17, 15) is 0 Å². The third-order valence-corrected chi connectivity index (χ3v) is 3.85. The summed E-state index contributed by atoms with van der Waals surface area (Å²) in [6, 6.07) is 0.905. The van der Waals surface area contributed by atoms with Crippen molar-refractivity contribution < 1.29 is 0 Å². The molecule has 0 bridgehead atoms. The van der Waals surface area contributed by atoms with Crippen molar-refractivity contribution >= 4 is 0 Å². The molecule has 1 saturated carbocycles. The van der Waals surface area contributed by atoms with E-state index in [1.165, 1.54) is 32.4 Å². The van der Waals surface area contributed by atoms with Gasteiger partial charge >= 0.3 is 0 Å². The van der Waals surface area contributed by atoms with E-state index >= 15 is 0 Å². The average Bonchev–Trinajstić information content (AvgIpc) is 2.64. The van der Waals surface area contributed by atoms with Crippen LogP contribution in [0.1, 0.15) is 40.0 Å². The van der Waals surface area contributed by atoms with E-state index in [0.29, 0.717) is 0 Å². The first-order valence-electron chi connectivity index (χ1n) is 5.44. The summed E-state index contributed by atoms with van der Waals surface area (Å²) in [4.78, 5) is 2.69. The maximum atomic E-state index is 2.69. The SMILES string of the molecule is CCN1CCC2(CC2)[C@H]1C(C)C. The molecule has 1 aliphatic carbocycles. The summed E-state index contributed by atoms with van der Waals surface area (Å²) in [6.45, 7) is 9.69. The zero-order valence-electron chi connectivity index (χ0n) is 8.64. The molecule has 1 heterocycles. The molecular formula is C11H21N. The van der Waals surface area contributed by atoms with Crippen LogP contribution in [0.5, 0.6) is 0 Å². The third-order valence-electron chi connectivity index (χ3n) is 3.85. The highest BCUT2D eigenvalue weighted by Crippen LogP contribution is 2.58. The van der Waals surface area contributed by atoms with Crippen LogP contribution in [-0.2, 0) is 0 Å². The van der Waals surface area contributed by atoms with Crippen molar-refractivity contribution in [3.05, 3.63) is 0 Å². The molecule has 1 spiro atoms. The van der Waals surface area contributed by atoms with Crippen LogP contribution in [0.4, 0.5) is 0 Å². The van der Waals surface area contributed by atoms with E-state index in [0.717, 1.165) is 17.4 Å². The smallest absolute Gasteiger partial charge is 0.0175 e. The van der Waals surface area contributed by atoms with Gasteiger partial charge < -0.3 is 0 Å². The van der Waals surface area contributed by atoms with Crippen LogP contribution < -0.4 is 0 Å². The van der Waals surface area contributed by atoms with Crippen molar-refractivity contribution in [2.24, 2.45) is 11.3 Å². The predicted octanol–water partition coefficient (Wildman–Crippen LogP) is 2.52. The van der Waals surface area contributed by atoms with Gasteiger partial charge in [-0.2, -0.15) is 0 Å². The number of nitrogens with zero attached hydrogens (tertiary/aromatic N) is 1. The highest BCUT2D eigenvalue weighted by atomic mass is 15.2. The molecule has 2 rings (SSSR count). The minimum atomic E-state index is 0.782. The Labute approximate surface area is 76.1 Å².